The third-order valence-electron chi connectivity index (χ3n) is 6.41. The van der Waals surface area contributed by atoms with Crippen molar-refractivity contribution >= 4 is 21.6 Å². The van der Waals surface area contributed by atoms with Crippen molar-refractivity contribution in [2.45, 2.75) is 57.5 Å². The van der Waals surface area contributed by atoms with E-state index in [4.69, 9.17) is 0 Å². The maximum atomic E-state index is 13.4. The topological polar surface area (TPSA) is 101 Å². The van der Waals surface area contributed by atoms with Crippen LogP contribution in [-0.4, -0.2) is 47.6 Å². The lowest BCUT2D eigenvalue weighted by Crippen LogP contribution is -2.46. The molecule has 2 aromatic carbocycles. The summed E-state index contributed by atoms with van der Waals surface area (Å²) >= 11 is 0. The van der Waals surface area contributed by atoms with Gasteiger partial charge in [0.1, 0.15) is 0 Å². The highest BCUT2D eigenvalue weighted by Gasteiger charge is 2.35. The van der Waals surface area contributed by atoms with Gasteiger partial charge in [0.2, 0.25) is 15.9 Å². The van der Waals surface area contributed by atoms with E-state index in [1.807, 2.05) is 49.1 Å². The van der Waals surface area contributed by atoms with Crippen LogP contribution in [0.4, 0.5) is 5.69 Å². The predicted octanol–water partition coefficient (Wildman–Crippen LogP) is 4.13. The molecule has 0 aliphatic carbocycles. The maximum absolute atomic E-state index is 13.4. The Kier molecular flexibility index (Phi) is 7.86. The van der Waals surface area contributed by atoms with Crippen LogP contribution in [0.3, 0.4) is 0 Å². The summed E-state index contributed by atoms with van der Waals surface area (Å²) in [7, 11) is -3.88. The summed E-state index contributed by atoms with van der Waals surface area (Å²) in [5.41, 5.74) is 1.27. The molecule has 0 saturated carbocycles. The van der Waals surface area contributed by atoms with Crippen molar-refractivity contribution in [1.82, 2.24) is 9.21 Å². The van der Waals surface area contributed by atoms with Gasteiger partial charge in [0.25, 0.3) is 5.69 Å². The van der Waals surface area contributed by atoms with E-state index in [2.05, 4.69) is 0 Å². The van der Waals surface area contributed by atoms with Crippen LogP contribution in [0.15, 0.2) is 53.4 Å². The van der Waals surface area contributed by atoms with Crippen LogP contribution >= 0.6 is 0 Å². The Bertz CT molecular complexity index is 1100. The van der Waals surface area contributed by atoms with E-state index in [1.165, 1.54) is 16.4 Å². The lowest BCUT2D eigenvalue weighted by molar-refractivity contribution is -0.385. The Morgan fingerprint density at radius 2 is 1.82 bits per heavy atom. The van der Waals surface area contributed by atoms with Crippen LogP contribution in [0.1, 0.15) is 44.2 Å². The molecule has 2 aromatic rings. The summed E-state index contributed by atoms with van der Waals surface area (Å²) < 4.78 is 27.7. The first kappa shape index (κ1) is 24.9. The van der Waals surface area contributed by atoms with Crippen molar-refractivity contribution in [3.8, 4) is 0 Å². The summed E-state index contributed by atoms with van der Waals surface area (Å²) in [6, 6.07) is 13.8. The van der Waals surface area contributed by atoms with Gasteiger partial charge in [-0.25, -0.2) is 8.42 Å². The molecule has 33 heavy (non-hydrogen) atoms. The molecule has 9 heteroatoms. The number of hydrogen-bond donors (Lipinski definition) is 0. The van der Waals surface area contributed by atoms with Crippen LogP contribution in [0.5, 0.6) is 0 Å². The van der Waals surface area contributed by atoms with Gasteiger partial charge in [-0.15, -0.1) is 0 Å². The summed E-state index contributed by atoms with van der Waals surface area (Å²) in [6.45, 7) is 6.65. The van der Waals surface area contributed by atoms with Gasteiger partial charge < -0.3 is 4.90 Å². The number of benzene rings is 2. The van der Waals surface area contributed by atoms with Crippen LogP contribution in [-0.2, 0) is 21.4 Å². The van der Waals surface area contributed by atoms with Crippen LogP contribution in [0.25, 0.3) is 0 Å². The zero-order valence-electron chi connectivity index (χ0n) is 19.3. The van der Waals surface area contributed by atoms with Gasteiger partial charge >= 0.3 is 0 Å². The number of rotatable bonds is 8. The number of amides is 1. The lowest BCUT2D eigenvalue weighted by Gasteiger charge is -2.36. The minimum atomic E-state index is -3.88. The number of sulfonamides is 1. The molecule has 8 nitrogen and oxygen atoms in total. The minimum absolute atomic E-state index is 0.0493. The summed E-state index contributed by atoms with van der Waals surface area (Å²) in [6.07, 6.45) is 1.68. The molecule has 1 saturated heterocycles. The summed E-state index contributed by atoms with van der Waals surface area (Å²) in [4.78, 5) is 25.8. The fourth-order valence-corrected chi connectivity index (χ4v) is 5.86. The molecule has 0 radical (unpaired) electrons. The lowest BCUT2D eigenvalue weighted by atomic mass is 9.95. The largest absolute Gasteiger partial charge is 0.335 e. The SMILES string of the molecule is CCC(C)N(Cc1ccccc1)C(=O)C1CCN(S(=O)(=O)c2cc([N+](=O)[O-])ccc2C)CC1. The second kappa shape index (κ2) is 10.4. The van der Waals surface area contributed by atoms with Crippen molar-refractivity contribution < 1.29 is 18.1 Å². The van der Waals surface area contributed by atoms with Gasteiger partial charge in [0.15, 0.2) is 0 Å². The zero-order valence-corrected chi connectivity index (χ0v) is 20.1. The van der Waals surface area contributed by atoms with E-state index in [1.54, 1.807) is 6.92 Å². The van der Waals surface area contributed by atoms with Crippen molar-refractivity contribution in [3.05, 3.63) is 69.8 Å². The van der Waals surface area contributed by atoms with E-state index in [0.717, 1.165) is 18.1 Å². The first-order valence-corrected chi connectivity index (χ1v) is 12.7. The quantitative estimate of drug-likeness (QED) is 0.424. The van der Waals surface area contributed by atoms with Crippen molar-refractivity contribution in [2.75, 3.05) is 13.1 Å². The molecule has 178 valence electrons. The average Bonchev–Trinajstić information content (AvgIpc) is 2.82. The number of aryl methyl sites for hydroxylation is 1. The van der Waals surface area contributed by atoms with Gasteiger partial charge in [0.05, 0.1) is 9.82 Å². The predicted molar refractivity (Wildman–Crippen MR) is 126 cm³/mol. The van der Waals surface area contributed by atoms with Crippen LogP contribution < -0.4 is 0 Å². The number of piperidine rings is 1. The van der Waals surface area contributed by atoms with Crippen molar-refractivity contribution in [1.29, 1.82) is 0 Å². The number of hydrogen-bond acceptors (Lipinski definition) is 5. The Labute approximate surface area is 195 Å². The third kappa shape index (κ3) is 5.59. The molecule has 1 aliphatic heterocycles. The summed E-state index contributed by atoms with van der Waals surface area (Å²) in [5.74, 6) is -0.197. The van der Waals surface area contributed by atoms with Crippen LogP contribution in [0.2, 0.25) is 0 Å². The first-order chi connectivity index (χ1) is 15.6. The highest BCUT2D eigenvalue weighted by molar-refractivity contribution is 7.89. The van der Waals surface area contributed by atoms with Crippen molar-refractivity contribution in [2.24, 2.45) is 5.92 Å². The molecule has 1 fully saturated rings. The smallest absolute Gasteiger partial charge is 0.270 e. The Morgan fingerprint density at radius 1 is 1.18 bits per heavy atom. The van der Waals surface area contributed by atoms with E-state index in [-0.39, 0.29) is 41.5 Å². The monoisotopic (exact) mass is 473 g/mol. The molecule has 0 aromatic heterocycles. The van der Waals surface area contributed by atoms with Gasteiger partial charge in [0, 0.05) is 43.7 Å². The minimum Gasteiger partial charge on any atom is -0.335 e. The molecule has 1 aliphatic rings. The van der Waals surface area contributed by atoms with Gasteiger partial charge in [-0.3, -0.25) is 14.9 Å². The van der Waals surface area contributed by atoms with Crippen molar-refractivity contribution in [3.63, 3.8) is 0 Å². The molecule has 1 amide bonds. The number of nitrogens with zero attached hydrogens (tertiary/aromatic N) is 3. The van der Waals surface area contributed by atoms with Gasteiger partial charge in [-0.2, -0.15) is 4.31 Å². The second-order valence-corrected chi connectivity index (χ2v) is 10.5. The van der Waals surface area contributed by atoms with Gasteiger partial charge in [-0.1, -0.05) is 43.3 Å². The van der Waals surface area contributed by atoms with E-state index in [9.17, 15) is 23.3 Å². The molecule has 3 rings (SSSR count). The third-order valence-corrected chi connectivity index (χ3v) is 8.45. The molecule has 0 spiro atoms. The number of nitro benzene ring substituents is 1. The first-order valence-electron chi connectivity index (χ1n) is 11.2. The molecular weight excluding hydrogens is 442 g/mol. The molecule has 0 bridgehead atoms. The van der Waals surface area contributed by atoms with Crippen LogP contribution in [0, 0.1) is 23.0 Å². The number of carbonyl (C=O) groups excluding carboxylic acids is 1. The average molecular weight is 474 g/mol. The highest BCUT2D eigenvalue weighted by atomic mass is 32.2. The fraction of sp³-hybridized carbons (Fsp3) is 0.458. The number of nitro groups is 1. The number of carbonyl (C=O) groups is 1. The molecule has 0 N–H and O–H groups in total. The normalized spacial score (nSPS) is 16.3. The fourth-order valence-electron chi connectivity index (χ4n) is 4.15. The Morgan fingerprint density at radius 3 is 2.39 bits per heavy atom. The van der Waals surface area contributed by atoms with Gasteiger partial charge in [-0.05, 0) is 44.2 Å². The molecule has 1 heterocycles. The second-order valence-electron chi connectivity index (χ2n) is 8.59. The standard InChI is InChI=1S/C24H31N3O5S/c1-4-19(3)26(17-20-8-6-5-7-9-20)24(28)21-12-14-25(15-13-21)33(31,32)23-16-22(27(29)30)11-10-18(23)2/h5-11,16,19,21H,4,12-15,17H2,1-3H3. The molecule has 1 unspecified atom stereocenters. The van der Waals surface area contributed by atoms with E-state index < -0.39 is 14.9 Å². The van der Waals surface area contributed by atoms with E-state index in [0.29, 0.717) is 24.9 Å². The molecular formula is C24H31N3O5S. The Balaban J connectivity index is 1.73. The zero-order chi connectivity index (χ0) is 24.2. The van der Waals surface area contributed by atoms with E-state index >= 15 is 0 Å². The molecule has 1 atom stereocenters. The Hall–Kier alpha value is -2.78. The highest BCUT2D eigenvalue weighted by Crippen LogP contribution is 2.29. The summed E-state index contributed by atoms with van der Waals surface area (Å²) in [5, 5.41) is 11.1. The maximum Gasteiger partial charge on any atom is 0.270 e. The number of non-ortho nitro benzene ring substituents is 1.